The minimum atomic E-state index is -0.0552. The number of nitrogens with zero attached hydrogens (tertiary/aromatic N) is 1. The van der Waals surface area contributed by atoms with Gasteiger partial charge in [-0.15, -0.1) is 0 Å². The predicted octanol–water partition coefficient (Wildman–Crippen LogP) is 2.07. The molecule has 5 heteroatoms. The Hall–Kier alpha value is -0.650. The van der Waals surface area contributed by atoms with E-state index in [1.54, 1.807) is 0 Å². The van der Waals surface area contributed by atoms with Crippen molar-refractivity contribution in [2.75, 3.05) is 33.4 Å². The van der Waals surface area contributed by atoms with E-state index in [1.165, 1.54) is 5.56 Å². The molecule has 3 atom stereocenters. The zero-order valence-corrected chi connectivity index (χ0v) is 13.5. The average molecular weight is 313 g/mol. The molecule has 0 saturated carbocycles. The molecule has 1 fully saturated rings. The molecule has 1 heterocycles. The van der Waals surface area contributed by atoms with E-state index in [1.807, 2.05) is 25.2 Å². The number of ether oxygens (including phenoxy) is 1. The summed E-state index contributed by atoms with van der Waals surface area (Å²) >= 11 is 6.07. The predicted molar refractivity (Wildman–Crippen MR) is 85.7 cm³/mol. The van der Waals surface area contributed by atoms with Crippen LogP contribution in [0.15, 0.2) is 24.3 Å². The number of nitrogens with one attached hydrogen (secondary N) is 1. The number of aliphatic hydroxyl groups is 1. The number of benzene rings is 1. The Morgan fingerprint density at radius 2 is 2.33 bits per heavy atom. The molecule has 4 nitrogen and oxygen atoms in total. The van der Waals surface area contributed by atoms with Gasteiger partial charge in [-0.1, -0.05) is 23.7 Å². The standard InChI is InChI=1S/C16H25ClN2O2/c1-12-11-21-15(10-20)9-19(12)7-6-16(18-2)13-4-3-5-14(17)8-13/h3-5,8,12,15-16,18,20H,6-7,9-11H2,1-2H3. The average Bonchev–Trinajstić information content (AvgIpc) is 2.49. The lowest BCUT2D eigenvalue weighted by molar-refractivity contribution is -0.0783. The smallest absolute Gasteiger partial charge is 0.0933 e. The Morgan fingerprint density at radius 3 is 3.00 bits per heavy atom. The van der Waals surface area contributed by atoms with Crippen LogP contribution < -0.4 is 5.32 Å². The third kappa shape index (κ3) is 4.66. The Labute approximate surface area is 132 Å². The van der Waals surface area contributed by atoms with Gasteiger partial charge in [0.2, 0.25) is 0 Å². The quantitative estimate of drug-likeness (QED) is 0.844. The maximum Gasteiger partial charge on any atom is 0.0933 e. The molecule has 0 amide bonds. The largest absolute Gasteiger partial charge is 0.394 e. The summed E-state index contributed by atoms with van der Waals surface area (Å²) in [4.78, 5) is 2.39. The van der Waals surface area contributed by atoms with E-state index in [9.17, 15) is 5.11 Å². The van der Waals surface area contributed by atoms with Crippen molar-refractivity contribution in [1.29, 1.82) is 0 Å². The highest BCUT2D eigenvalue weighted by Gasteiger charge is 2.25. The molecule has 1 aliphatic rings. The molecule has 1 aliphatic heterocycles. The monoisotopic (exact) mass is 312 g/mol. The minimum absolute atomic E-state index is 0.0552. The fourth-order valence-electron chi connectivity index (χ4n) is 2.79. The summed E-state index contributed by atoms with van der Waals surface area (Å²) in [6.07, 6.45) is 0.944. The molecular formula is C16H25ClN2O2. The molecule has 0 aromatic heterocycles. The zero-order valence-electron chi connectivity index (χ0n) is 12.8. The van der Waals surface area contributed by atoms with Gasteiger partial charge in [-0.3, -0.25) is 4.90 Å². The zero-order chi connectivity index (χ0) is 15.2. The van der Waals surface area contributed by atoms with Gasteiger partial charge in [0.05, 0.1) is 19.3 Å². The normalized spacial score (nSPS) is 25.0. The van der Waals surface area contributed by atoms with Crippen LogP contribution in [-0.2, 0) is 4.74 Å². The van der Waals surface area contributed by atoms with Gasteiger partial charge >= 0.3 is 0 Å². The Kier molecular flexibility index (Phi) is 6.45. The molecule has 2 N–H and O–H groups in total. The van der Waals surface area contributed by atoms with Crippen molar-refractivity contribution in [1.82, 2.24) is 10.2 Å². The van der Waals surface area contributed by atoms with Gasteiger partial charge in [0.15, 0.2) is 0 Å². The molecule has 3 unspecified atom stereocenters. The van der Waals surface area contributed by atoms with E-state index >= 15 is 0 Å². The van der Waals surface area contributed by atoms with Crippen molar-refractivity contribution >= 4 is 11.6 Å². The third-order valence-electron chi connectivity index (χ3n) is 4.14. The molecule has 21 heavy (non-hydrogen) atoms. The van der Waals surface area contributed by atoms with Gasteiger partial charge in [-0.25, -0.2) is 0 Å². The first-order chi connectivity index (χ1) is 10.1. The van der Waals surface area contributed by atoms with Crippen molar-refractivity contribution in [3.05, 3.63) is 34.9 Å². The van der Waals surface area contributed by atoms with E-state index in [2.05, 4.69) is 23.2 Å². The summed E-state index contributed by atoms with van der Waals surface area (Å²) in [5, 5.41) is 13.4. The molecule has 0 aliphatic carbocycles. The third-order valence-corrected chi connectivity index (χ3v) is 4.38. The number of hydrogen-bond donors (Lipinski definition) is 2. The highest BCUT2D eigenvalue weighted by Crippen LogP contribution is 2.22. The SMILES string of the molecule is CNC(CCN1CC(CO)OCC1C)c1cccc(Cl)c1. The first-order valence-electron chi connectivity index (χ1n) is 7.53. The maximum atomic E-state index is 9.25. The lowest BCUT2D eigenvalue weighted by Crippen LogP contribution is -2.50. The van der Waals surface area contributed by atoms with E-state index in [4.69, 9.17) is 16.3 Å². The minimum Gasteiger partial charge on any atom is -0.394 e. The van der Waals surface area contributed by atoms with Gasteiger partial charge in [0, 0.05) is 30.2 Å². The summed E-state index contributed by atoms with van der Waals surface area (Å²) in [7, 11) is 1.98. The Morgan fingerprint density at radius 1 is 1.52 bits per heavy atom. The highest BCUT2D eigenvalue weighted by atomic mass is 35.5. The summed E-state index contributed by atoms with van der Waals surface area (Å²) in [5.74, 6) is 0. The first kappa shape index (κ1) is 16.7. The summed E-state index contributed by atoms with van der Waals surface area (Å²) in [6, 6.07) is 8.68. The van der Waals surface area contributed by atoms with Crippen LogP contribution in [0.2, 0.25) is 5.02 Å². The topological polar surface area (TPSA) is 44.7 Å². The van der Waals surface area contributed by atoms with Gasteiger partial charge in [-0.05, 0) is 38.1 Å². The van der Waals surface area contributed by atoms with Crippen molar-refractivity contribution in [3.8, 4) is 0 Å². The second-order valence-corrected chi connectivity index (χ2v) is 6.10. The molecule has 0 spiro atoms. The first-order valence-corrected chi connectivity index (χ1v) is 7.91. The fraction of sp³-hybridized carbons (Fsp3) is 0.625. The van der Waals surface area contributed by atoms with E-state index < -0.39 is 0 Å². The molecule has 0 bridgehead atoms. The Bertz CT molecular complexity index is 444. The number of hydrogen-bond acceptors (Lipinski definition) is 4. The van der Waals surface area contributed by atoms with Crippen LogP contribution in [0.5, 0.6) is 0 Å². The fourth-order valence-corrected chi connectivity index (χ4v) is 2.99. The summed E-state index contributed by atoms with van der Waals surface area (Å²) in [6.45, 7) is 4.71. The summed E-state index contributed by atoms with van der Waals surface area (Å²) in [5.41, 5.74) is 1.21. The lowest BCUT2D eigenvalue weighted by atomic mass is 10.0. The van der Waals surface area contributed by atoms with E-state index in [0.29, 0.717) is 12.6 Å². The molecule has 2 rings (SSSR count). The van der Waals surface area contributed by atoms with Crippen LogP contribution >= 0.6 is 11.6 Å². The van der Waals surface area contributed by atoms with Crippen LogP contribution in [-0.4, -0.2) is 55.5 Å². The van der Waals surface area contributed by atoms with Crippen molar-refractivity contribution in [2.24, 2.45) is 0 Å². The lowest BCUT2D eigenvalue weighted by Gasteiger charge is -2.38. The second kappa shape index (κ2) is 8.11. The summed E-state index contributed by atoms with van der Waals surface area (Å²) < 4.78 is 5.58. The van der Waals surface area contributed by atoms with Crippen molar-refractivity contribution < 1.29 is 9.84 Å². The van der Waals surface area contributed by atoms with E-state index in [-0.39, 0.29) is 18.8 Å². The van der Waals surface area contributed by atoms with Crippen molar-refractivity contribution in [2.45, 2.75) is 31.5 Å². The molecule has 1 aromatic carbocycles. The van der Waals surface area contributed by atoms with Crippen molar-refractivity contribution in [3.63, 3.8) is 0 Å². The van der Waals surface area contributed by atoms with E-state index in [0.717, 1.165) is 24.5 Å². The molecule has 0 radical (unpaired) electrons. The molecular weight excluding hydrogens is 288 g/mol. The molecule has 1 aromatic rings. The number of morpholine rings is 1. The van der Waals surface area contributed by atoms with Gasteiger partial charge in [0.1, 0.15) is 0 Å². The highest BCUT2D eigenvalue weighted by molar-refractivity contribution is 6.30. The molecule has 118 valence electrons. The van der Waals surface area contributed by atoms with Gasteiger partial charge in [-0.2, -0.15) is 0 Å². The van der Waals surface area contributed by atoms with Gasteiger partial charge in [0.25, 0.3) is 0 Å². The molecule has 1 saturated heterocycles. The van der Waals surface area contributed by atoms with Crippen LogP contribution in [0.25, 0.3) is 0 Å². The number of aliphatic hydroxyl groups excluding tert-OH is 1. The van der Waals surface area contributed by atoms with Crippen LogP contribution in [0.4, 0.5) is 0 Å². The van der Waals surface area contributed by atoms with Crippen LogP contribution in [0.1, 0.15) is 24.9 Å². The van der Waals surface area contributed by atoms with Gasteiger partial charge < -0.3 is 15.2 Å². The Balaban J connectivity index is 1.93. The number of rotatable bonds is 6. The van der Waals surface area contributed by atoms with Crippen LogP contribution in [0.3, 0.4) is 0 Å². The van der Waals surface area contributed by atoms with Crippen LogP contribution in [0, 0.1) is 0 Å². The maximum absolute atomic E-state index is 9.25. The number of halogens is 1. The second-order valence-electron chi connectivity index (χ2n) is 5.67.